The number of benzene rings is 2. The molecule has 0 bridgehead atoms. The van der Waals surface area contributed by atoms with Crippen LogP contribution in [0.1, 0.15) is 18.3 Å². The zero-order valence-corrected chi connectivity index (χ0v) is 15.1. The molecule has 0 fully saturated rings. The fraction of sp³-hybridized carbons (Fsp3) is 0.150. The van der Waals surface area contributed by atoms with Crippen molar-refractivity contribution in [2.75, 3.05) is 14.2 Å². The highest BCUT2D eigenvalue weighted by Crippen LogP contribution is 2.30. The van der Waals surface area contributed by atoms with Gasteiger partial charge in [0.05, 0.1) is 19.8 Å². The number of esters is 1. The van der Waals surface area contributed by atoms with E-state index in [2.05, 4.69) is 10.1 Å². The minimum atomic E-state index is -0.421. The third-order valence-electron chi connectivity index (χ3n) is 3.65. The first kappa shape index (κ1) is 18.2. The fourth-order valence-electron chi connectivity index (χ4n) is 2.43. The van der Waals surface area contributed by atoms with Crippen LogP contribution in [0.25, 0.3) is 23.6 Å². The smallest absolute Gasteiger partial charge is 0.308 e. The van der Waals surface area contributed by atoms with Crippen molar-refractivity contribution in [2.45, 2.75) is 6.92 Å². The van der Waals surface area contributed by atoms with Gasteiger partial charge in [-0.25, -0.2) is 0 Å². The van der Waals surface area contributed by atoms with E-state index in [0.717, 1.165) is 5.56 Å². The van der Waals surface area contributed by atoms with Gasteiger partial charge in [-0.2, -0.15) is 4.98 Å². The third-order valence-corrected chi connectivity index (χ3v) is 3.65. The van der Waals surface area contributed by atoms with E-state index in [4.69, 9.17) is 18.7 Å². The van der Waals surface area contributed by atoms with E-state index in [1.165, 1.54) is 6.92 Å². The van der Waals surface area contributed by atoms with Crippen LogP contribution in [-0.4, -0.2) is 30.3 Å². The summed E-state index contributed by atoms with van der Waals surface area (Å²) >= 11 is 0. The van der Waals surface area contributed by atoms with Crippen molar-refractivity contribution in [1.82, 2.24) is 10.1 Å². The van der Waals surface area contributed by atoms with E-state index in [-0.39, 0.29) is 5.89 Å². The molecule has 7 nitrogen and oxygen atoms in total. The minimum absolute atomic E-state index is 0.263. The summed E-state index contributed by atoms with van der Waals surface area (Å²) in [6.45, 7) is 1.34. The monoisotopic (exact) mass is 366 g/mol. The summed E-state index contributed by atoms with van der Waals surface area (Å²) in [4.78, 5) is 15.6. The van der Waals surface area contributed by atoms with E-state index in [1.807, 2.05) is 24.3 Å². The number of carbonyl (C=O) groups is 1. The van der Waals surface area contributed by atoms with E-state index in [0.29, 0.717) is 28.6 Å². The molecule has 27 heavy (non-hydrogen) atoms. The van der Waals surface area contributed by atoms with Gasteiger partial charge in [-0.15, -0.1) is 0 Å². The standard InChI is InChI=1S/C20H18N2O5/c1-13(23)26-16-7-5-4-6-15(16)20-21-19(22-27-20)11-9-14-8-10-17(24-2)18(12-14)25-3/h4-12H,1-3H3. The number of nitrogens with zero attached hydrogens (tertiary/aromatic N) is 2. The Kier molecular flexibility index (Phi) is 5.51. The number of carbonyl (C=O) groups excluding carboxylic acids is 1. The van der Waals surface area contributed by atoms with Crippen molar-refractivity contribution in [3.05, 3.63) is 53.9 Å². The lowest BCUT2D eigenvalue weighted by molar-refractivity contribution is -0.131. The Morgan fingerprint density at radius 3 is 2.52 bits per heavy atom. The Labute approximate surface area is 156 Å². The average molecular weight is 366 g/mol. The molecule has 0 unspecified atom stereocenters. The zero-order valence-electron chi connectivity index (χ0n) is 15.1. The van der Waals surface area contributed by atoms with Gasteiger partial charge < -0.3 is 18.7 Å². The zero-order chi connectivity index (χ0) is 19.2. The van der Waals surface area contributed by atoms with E-state index >= 15 is 0 Å². The van der Waals surface area contributed by atoms with E-state index < -0.39 is 5.97 Å². The van der Waals surface area contributed by atoms with Crippen LogP contribution in [0.15, 0.2) is 47.0 Å². The molecule has 7 heteroatoms. The Morgan fingerprint density at radius 2 is 1.78 bits per heavy atom. The average Bonchev–Trinajstić information content (AvgIpc) is 3.15. The SMILES string of the molecule is COc1ccc(C=Cc2noc(-c3ccccc3OC(C)=O)n2)cc1OC. The number of para-hydroxylation sites is 1. The molecule has 0 spiro atoms. The van der Waals surface area contributed by atoms with Crippen LogP contribution in [0, 0.1) is 0 Å². The molecule has 0 saturated heterocycles. The molecule has 0 aliphatic heterocycles. The van der Waals surface area contributed by atoms with Crippen LogP contribution >= 0.6 is 0 Å². The number of hydrogen-bond acceptors (Lipinski definition) is 7. The summed E-state index contributed by atoms with van der Waals surface area (Å²) in [6, 6.07) is 12.5. The van der Waals surface area contributed by atoms with Crippen molar-refractivity contribution in [1.29, 1.82) is 0 Å². The highest BCUT2D eigenvalue weighted by atomic mass is 16.5. The molecular formula is C20H18N2O5. The second kappa shape index (κ2) is 8.18. The quantitative estimate of drug-likeness (QED) is 0.484. The molecule has 0 aliphatic rings. The van der Waals surface area contributed by atoms with Crippen molar-refractivity contribution in [3.63, 3.8) is 0 Å². The van der Waals surface area contributed by atoms with Crippen molar-refractivity contribution < 1.29 is 23.5 Å². The lowest BCUT2D eigenvalue weighted by Gasteiger charge is -2.07. The largest absolute Gasteiger partial charge is 0.493 e. The number of rotatable bonds is 6. The normalized spacial score (nSPS) is 10.8. The van der Waals surface area contributed by atoms with E-state index in [9.17, 15) is 4.79 Å². The molecule has 0 N–H and O–H groups in total. The Hall–Kier alpha value is -3.61. The summed E-state index contributed by atoms with van der Waals surface area (Å²) in [5.41, 5.74) is 1.44. The first-order valence-electron chi connectivity index (χ1n) is 8.12. The number of methoxy groups -OCH3 is 2. The molecule has 0 aliphatic carbocycles. The van der Waals surface area contributed by atoms with Crippen molar-refractivity contribution in [3.8, 4) is 28.7 Å². The first-order chi connectivity index (χ1) is 13.1. The van der Waals surface area contributed by atoms with Gasteiger partial charge in [0, 0.05) is 6.92 Å². The van der Waals surface area contributed by atoms with Gasteiger partial charge in [0.2, 0.25) is 0 Å². The molecule has 1 heterocycles. The van der Waals surface area contributed by atoms with Crippen LogP contribution < -0.4 is 14.2 Å². The molecule has 3 aromatic rings. The lowest BCUT2D eigenvalue weighted by Crippen LogP contribution is -2.02. The van der Waals surface area contributed by atoms with Crippen LogP contribution in [-0.2, 0) is 4.79 Å². The second-order valence-corrected chi connectivity index (χ2v) is 5.50. The number of hydrogen-bond donors (Lipinski definition) is 0. The maximum Gasteiger partial charge on any atom is 0.308 e. The van der Waals surface area contributed by atoms with Gasteiger partial charge in [-0.3, -0.25) is 4.79 Å². The number of aromatic nitrogens is 2. The van der Waals surface area contributed by atoms with Gasteiger partial charge in [-0.05, 0) is 35.9 Å². The van der Waals surface area contributed by atoms with Gasteiger partial charge in [-0.1, -0.05) is 29.4 Å². The molecule has 0 radical (unpaired) electrons. The topological polar surface area (TPSA) is 83.7 Å². The molecule has 3 rings (SSSR count). The predicted octanol–water partition coefficient (Wildman–Crippen LogP) is 3.85. The summed E-state index contributed by atoms with van der Waals surface area (Å²) in [5, 5.41) is 3.93. The molecular weight excluding hydrogens is 348 g/mol. The summed E-state index contributed by atoms with van der Waals surface area (Å²) in [6.07, 6.45) is 3.54. The summed E-state index contributed by atoms with van der Waals surface area (Å²) in [5.74, 6) is 1.87. The van der Waals surface area contributed by atoms with Gasteiger partial charge in [0.15, 0.2) is 17.3 Å². The minimum Gasteiger partial charge on any atom is -0.493 e. The second-order valence-electron chi connectivity index (χ2n) is 5.50. The van der Waals surface area contributed by atoms with Crippen LogP contribution in [0.5, 0.6) is 17.2 Å². The highest BCUT2D eigenvalue weighted by molar-refractivity contribution is 5.74. The summed E-state index contributed by atoms with van der Waals surface area (Å²) < 4.78 is 21.0. The maximum absolute atomic E-state index is 11.2. The number of ether oxygens (including phenoxy) is 3. The molecule has 0 amide bonds. The Bertz CT molecular complexity index is 978. The van der Waals surface area contributed by atoms with Gasteiger partial charge in [0.1, 0.15) is 5.75 Å². The lowest BCUT2D eigenvalue weighted by atomic mass is 10.2. The van der Waals surface area contributed by atoms with Crippen LogP contribution in [0.4, 0.5) is 0 Å². The fourth-order valence-corrected chi connectivity index (χ4v) is 2.43. The molecule has 138 valence electrons. The highest BCUT2D eigenvalue weighted by Gasteiger charge is 2.14. The van der Waals surface area contributed by atoms with Gasteiger partial charge in [0.25, 0.3) is 5.89 Å². The third kappa shape index (κ3) is 4.33. The van der Waals surface area contributed by atoms with Crippen molar-refractivity contribution in [2.24, 2.45) is 0 Å². The first-order valence-corrected chi connectivity index (χ1v) is 8.12. The van der Waals surface area contributed by atoms with E-state index in [1.54, 1.807) is 44.6 Å². The summed E-state index contributed by atoms with van der Waals surface area (Å²) in [7, 11) is 3.17. The van der Waals surface area contributed by atoms with Crippen LogP contribution in [0.2, 0.25) is 0 Å². The van der Waals surface area contributed by atoms with Crippen LogP contribution in [0.3, 0.4) is 0 Å². The maximum atomic E-state index is 11.2. The molecule has 0 saturated carbocycles. The molecule has 2 aromatic carbocycles. The Balaban J connectivity index is 1.83. The van der Waals surface area contributed by atoms with Crippen molar-refractivity contribution >= 4 is 18.1 Å². The molecule has 1 aromatic heterocycles. The predicted molar refractivity (Wildman–Crippen MR) is 99.5 cm³/mol. The van der Waals surface area contributed by atoms with Gasteiger partial charge >= 0.3 is 5.97 Å². The molecule has 0 atom stereocenters. The Morgan fingerprint density at radius 1 is 1.00 bits per heavy atom.